The van der Waals surface area contributed by atoms with Gasteiger partial charge in [-0.15, -0.1) is 0 Å². The van der Waals surface area contributed by atoms with E-state index in [-0.39, 0.29) is 11.9 Å². The monoisotopic (exact) mass is 354 g/mol. The van der Waals surface area contributed by atoms with E-state index < -0.39 is 0 Å². The summed E-state index contributed by atoms with van der Waals surface area (Å²) in [4.78, 5) is 12.8. The second-order valence-electron chi connectivity index (χ2n) is 6.61. The minimum atomic E-state index is -0.179. The smallest absolute Gasteiger partial charge is 0.256 e. The number of benzene rings is 2. The summed E-state index contributed by atoms with van der Waals surface area (Å²) in [5, 5.41) is 12.0. The lowest BCUT2D eigenvalue weighted by Crippen LogP contribution is -2.13. The Morgan fingerprint density at radius 3 is 2.84 bits per heavy atom. The van der Waals surface area contributed by atoms with Crippen LogP contribution in [0.5, 0.6) is 0 Å². The number of anilines is 1. The van der Waals surface area contributed by atoms with Gasteiger partial charge in [0.05, 0.1) is 17.3 Å². The minimum Gasteiger partial charge on any atom is -0.322 e. The van der Waals surface area contributed by atoms with Crippen LogP contribution in [0.3, 0.4) is 0 Å². The molecule has 25 heavy (non-hydrogen) atoms. The maximum Gasteiger partial charge on any atom is 0.256 e. The fourth-order valence-electron chi connectivity index (χ4n) is 3.28. The Morgan fingerprint density at radius 2 is 2.04 bits per heavy atom. The van der Waals surface area contributed by atoms with Gasteiger partial charge in [-0.05, 0) is 49.2 Å². The van der Waals surface area contributed by atoms with Crippen molar-refractivity contribution in [3.05, 3.63) is 58.2 Å². The zero-order chi connectivity index (χ0) is 17.6. The summed E-state index contributed by atoms with van der Waals surface area (Å²) < 4.78 is 1.87. The summed E-state index contributed by atoms with van der Waals surface area (Å²) in [6, 6.07) is 9.74. The van der Waals surface area contributed by atoms with Gasteiger partial charge in [-0.1, -0.05) is 17.7 Å². The second-order valence-corrected chi connectivity index (χ2v) is 7.05. The Bertz CT molecular complexity index is 977. The Kier molecular flexibility index (Phi) is 3.98. The molecular formula is C19H19ClN4O. The predicted molar refractivity (Wildman–Crippen MR) is 100 cm³/mol. The third-order valence-corrected chi connectivity index (χ3v) is 4.73. The molecule has 2 N–H and O–H groups in total. The summed E-state index contributed by atoms with van der Waals surface area (Å²) in [6.45, 7) is 5.81. The summed E-state index contributed by atoms with van der Waals surface area (Å²) in [5.41, 5.74) is 4.69. The second kappa shape index (κ2) is 6.17. The number of nitrogens with zero attached hydrogens (tertiary/aromatic N) is 2. The number of carbonyl (C=O) groups is 1. The maximum absolute atomic E-state index is 12.8. The lowest BCUT2D eigenvalue weighted by atomic mass is 10.1. The molecule has 0 aliphatic carbocycles. The van der Waals surface area contributed by atoms with Crippen LogP contribution in [0.1, 0.15) is 41.4 Å². The van der Waals surface area contributed by atoms with Gasteiger partial charge in [0.2, 0.25) is 0 Å². The first kappa shape index (κ1) is 16.1. The molecule has 0 saturated carbocycles. The minimum absolute atomic E-state index is 0.179. The Hall–Kier alpha value is -2.37. The number of hydrogen-bond acceptors (Lipinski definition) is 3. The number of carbonyl (C=O) groups excluding carboxylic acids is 1. The number of hydrogen-bond donors (Lipinski definition) is 2. The molecule has 6 heteroatoms. The molecule has 2 heterocycles. The van der Waals surface area contributed by atoms with Crippen LogP contribution >= 0.6 is 11.6 Å². The molecular weight excluding hydrogens is 336 g/mol. The topological polar surface area (TPSA) is 59.0 Å². The number of nitrogens with one attached hydrogen (secondary N) is 2. The highest BCUT2D eigenvalue weighted by molar-refractivity contribution is 6.32. The van der Waals surface area contributed by atoms with Crippen molar-refractivity contribution in [3.63, 3.8) is 0 Å². The van der Waals surface area contributed by atoms with Crippen molar-refractivity contribution in [1.29, 1.82) is 0 Å². The lowest BCUT2D eigenvalue weighted by Gasteiger charge is -2.10. The van der Waals surface area contributed by atoms with E-state index in [0.717, 1.165) is 29.7 Å². The summed E-state index contributed by atoms with van der Waals surface area (Å²) in [7, 11) is 0. The van der Waals surface area contributed by atoms with Crippen LogP contribution in [0.25, 0.3) is 10.9 Å². The first-order chi connectivity index (χ1) is 12.0. The molecule has 0 spiro atoms. The SMILES string of the molecule is CC(C)n1ncc2c(C(=O)Nc3ccc4c(c3)CNC4)cc(Cl)cc21. The van der Waals surface area contributed by atoms with Gasteiger partial charge in [0.1, 0.15) is 0 Å². The fourth-order valence-corrected chi connectivity index (χ4v) is 3.49. The number of rotatable bonds is 3. The predicted octanol–water partition coefficient (Wildman–Crippen LogP) is 4.13. The lowest BCUT2D eigenvalue weighted by molar-refractivity contribution is 0.102. The van der Waals surface area contributed by atoms with Crippen LogP contribution in [-0.4, -0.2) is 15.7 Å². The van der Waals surface area contributed by atoms with Crippen molar-refractivity contribution in [2.24, 2.45) is 0 Å². The van der Waals surface area contributed by atoms with Crippen LogP contribution in [0, 0.1) is 0 Å². The van der Waals surface area contributed by atoms with Crippen molar-refractivity contribution >= 4 is 34.1 Å². The number of fused-ring (bicyclic) bond motifs is 2. The summed E-state index contributed by atoms with van der Waals surface area (Å²) in [5.74, 6) is -0.179. The standard InChI is InChI=1S/C19H19ClN4O/c1-11(2)24-18-7-14(20)6-16(17(18)10-22-24)19(25)23-15-4-3-12-8-21-9-13(12)5-15/h3-7,10-11,21H,8-9H2,1-2H3,(H,23,25). The average Bonchev–Trinajstić information content (AvgIpc) is 3.19. The van der Waals surface area contributed by atoms with Gasteiger partial charge in [0, 0.05) is 35.2 Å². The van der Waals surface area contributed by atoms with Gasteiger partial charge in [-0.25, -0.2) is 0 Å². The van der Waals surface area contributed by atoms with Crippen molar-refractivity contribution < 1.29 is 4.79 Å². The van der Waals surface area contributed by atoms with Gasteiger partial charge in [0.15, 0.2) is 0 Å². The van der Waals surface area contributed by atoms with Crippen LogP contribution in [0.2, 0.25) is 5.02 Å². The van der Waals surface area contributed by atoms with E-state index >= 15 is 0 Å². The van der Waals surface area contributed by atoms with Crippen molar-refractivity contribution in [3.8, 4) is 0 Å². The molecule has 1 aliphatic heterocycles. The molecule has 0 atom stereocenters. The van der Waals surface area contributed by atoms with Crippen molar-refractivity contribution in [2.75, 3.05) is 5.32 Å². The highest BCUT2D eigenvalue weighted by Crippen LogP contribution is 2.27. The molecule has 0 fully saturated rings. The third-order valence-electron chi connectivity index (χ3n) is 4.51. The van der Waals surface area contributed by atoms with Gasteiger partial charge < -0.3 is 10.6 Å². The molecule has 0 bridgehead atoms. The largest absolute Gasteiger partial charge is 0.322 e. The first-order valence-electron chi connectivity index (χ1n) is 8.33. The molecule has 1 aliphatic rings. The Labute approximate surface area is 151 Å². The van der Waals surface area contributed by atoms with E-state index in [1.54, 1.807) is 12.3 Å². The van der Waals surface area contributed by atoms with Crippen molar-refractivity contribution in [2.45, 2.75) is 33.0 Å². The fraction of sp³-hybridized carbons (Fsp3) is 0.263. The van der Waals surface area contributed by atoms with Crippen LogP contribution in [-0.2, 0) is 13.1 Å². The molecule has 4 rings (SSSR count). The van der Waals surface area contributed by atoms with Gasteiger partial charge >= 0.3 is 0 Å². The zero-order valence-electron chi connectivity index (χ0n) is 14.1. The molecule has 0 unspecified atom stereocenters. The molecule has 2 aromatic carbocycles. The number of amides is 1. The molecule has 128 valence electrons. The summed E-state index contributed by atoms with van der Waals surface area (Å²) in [6.07, 6.45) is 1.73. The van der Waals surface area contributed by atoms with E-state index in [9.17, 15) is 4.79 Å². The van der Waals surface area contributed by atoms with Crippen molar-refractivity contribution in [1.82, 2.24) is 15.1 Å². The molecule has 0 radical (unpaired) electrons. The molecule has 0 saturated heterocycles. The molecule has 5 nitrogen and oxygen atoms in total. The molecule has 1 aromatic heterocycles. The maximum atomic E-state index is 12.8. The quantitative estimate of drug-likeness (QED) is 0.743. The van der Waals surface area contributed by atoms with E-state index in [1.807, 2.05) is 36.7 Å². The van der Waals surface area contributed by atoms with E-state index in [4.69, 9.17) is 11.6 Å². The van der Waals surface area contributed by atoms with Gasteiger partial charge in [0.25, 0.3) is 5.91 Å². The third kappa shape index (κ3) is 2.90. The van der Waals surface area contributed by atoms with E-state index in [2.05, 4.69) is 21.8 Å². The molecule has 1 amide bonds. The summed E-state index contributed by atoms with van der Waals surface area (Å²) >= 11 is 6.25. The Balaban J connectivity index is 1.70. The van der Waals surface area contributed by atoms with Gasteiger partial charge in [-0.3, -0.25) is 9.48 Å². The zero-order valence-corrected chi connectivity index (χ0v) is 14.9. The van der Waals surface area contributed by atoms with Crippen LogP contribution < -0.4 is 10.6 Å². The number of aromatic nitrogens is 2. The highest BCUT2D eigenvalue weighted by atomic mass is 35.5. The van der Waals surface area contributed by atoms with Gasteiger partial charge in [-0.2, -0.15) is 5.10 Å². The van der Waals surface area contributed by atoms with E-state index in [1.165, 1.54) is 11.1 Å². The van der Waals surface area contributed by atoms with Crippen LogP contribution in [0.15, 0.2) is 36.5 Å². The first-order valence-corrected chi connectivity index (χ1v) is 8.71. The number of halogens is 1. The highest BCUT2D eigenvalue weighted by Gasteiger charge is 2.17. The molecule has 3 aromatic rings. The average molecular weight is 355 g/mol. The Morgan fingerprint density at radius 1 is 1.24 bits per heavy atom. The van der Waals surface area contributed by atoms with Crippen LogP contribution in [0.4, 0.5) is 5.69 Å². The normalized spacial score (nSPS) is 13.4. The van der Waals surface area contributed by atoms with E-state index in [0.29, 0.717) is 10.6 Å².